The van der Waals surface area contributed by atoms with Gasteiger partial charge in [0.15, 0.2) is 8.32 Å². The first-order valence-electron chi connectivity index (χ1n) is 10.2. The van der Waals surface area contributed by atoms with Gasteiger partial charge in [0.2, 0.25) is 5.91 Å². The van der Waals surface area contributed by atoms with Gasteiger partial charge in [-0.25, -0.2) is 0 Å². The summed E-state index contributed by atoms with van der Waals surface area (Å²) in [6, 6.07) is -0.744. The Balaban J connectivity index is 5.16. The van der Waals surface area contributed by atoms with Crippen LogP contribution in [0.1, 0.15) is 61.3 Å². The highest BCUT2D eigenvalue weighted by Gasteiger charge is 2.38. The van der Waals surface area contributed by atoms with Gasteiger partial charge in [-0.1, -0.05) is 65.3 Å². The van der Waals surface area contributed by atoms with Gasteiger partial charge >= 0.3 is 0 Å². The van der Waals surface area contributed by atoms with Crippen molar-refractivity contribution in [3.63, 3.8) is 0 Å². The molecule has 0 fully saturated rings. The van der Waals surface area contributed by atoms with Gasteiger partial charge in [0.1, 0.15) is 6.04 Å². The number of terminal acetylenes is 1. The van der Waals surface area contributed by atoms with Gasteiger partial charge in [0.05, 0.1) is 6.10 Å². The summed E-state index contributed by atoms with van der Waals surface area (Å²) in [5.74, 6) is 1.05. The lowest BCUT2D eigenvalue weighted by molar-refractivity contribution is -0.128. The SMILES string of the molecule is C#CC(=O)N[C@H](C(=O)NC=CC[C@H](CC=C(C)Cl)O[Si](C)(C)C(C)(C)C)C(C)(C)C. The molecule has 2 N–H and O–H groups in total. The van der Waals surface area contributed by atoms with Crippen LogP contribution in [0.15, 0.2) is 23.4 Å². The van der Waals surface area contributed by atoms with Gasteiger partial charge < -0.3 is 15.1 Å². The fraction of sp³-hybridized carbons (Fsp3) is 0.652. The molecule has 0 saturated heterocycles. The predicted octanol–water partition coefficient (Wildman–Crippen LogP) is 5.09. The summed E-state index contributed by atoms with van der Waals surface area (Å²) in [5, 5.41) is 6.14. The molecule has 0 radical (unpaired) electrons. The van der Waals surface area contributed by atoms with Crippen molar-refractivity contribution in [3.05, 3.63) is 23.4 Å². The Hall–Kier alpha value is -1.55. The first-order valence-corrected chi connectivity index (χ1v) is 13.5. The van der Waals surface area contributed by atoms with Gasteiger partial charge in [0.25, 0.3) is 5.91 Å². The van der Waals surface area contributed by atoms with Crippen LogP contribution in [0.5, 0.6) is 0 Å². The van der Waals surface area contributed by atoms with E-state index in [2.05, 4.69) is 44.5 Å². The molecule has 5 nitrogen and oxygen atoms in total. The fourth-order valence-electron chi connectivity index (χ4n) is 2.37. The van der Waals surface area contributed by atoms with E-state index in [1.165, 1.54) is 0 Å². The van der Waals surface area contributed by atoms with Crippen LogP contribution in [-0.4, -0.2) is 32.3 Å². The number of halogens is 1. The topological polar surface area (TPSA) is 67.4 Å². The smallest absolute Gasteiger partial charge is 0.296 e. The van der Waals surface area contributed by atoms with Crippen molar-refractivity contribution in [1.29, 1.82) is 0 Å². The summed E-state index contributed by atoms with van der Waals surface area (Å²) in [7, 11) is -1.95. The molecule has 170 valence electrons. The van der Waals surface area contributed by atoms with Crippen LogP contribution in [0, 0.1) is 17.8 Å². The van der Waals surface area contributed by atoms with Gasteiger partial charge in [-0.3, -0.25) is 9.59 Å². The maximum Gasteiger partial charge on any atom is 0.296 e. The van der Waals surface area contributed by atoms with Crippen LogP contribution in [-0.2, 0) is 14.0 Å². The Labute approximate surface area is 189 Å². The zero-order valence-electron chi connectivity index (χ0n) is 20.0. The van der Waals surface area contributed by atoms with Crippen LogP contribution in [0.3, 0.4) is 0 Å². The van der Waals surface area contributed by atoms with Crippen LogP contribution in [0.25, 0.3) is 0 Å². The van der Waals surface area contributed by atoms with Crippen LogP contribution in [0.2, 0.25) is 18.1 Å². The summed E-state index contributed by atoms with van der Waals surface area (Å²) in [5.41, 5.74) is -0.485. The van der Waals surface area contributed by atoms with E-state index < -0.39 is 25.7 Å². The zero-order valence-corrected chi connectivity index (χ0v) is 21.7. The highest BCUT2D eigenvalue weighted by molar-refractivity contribution is 6.74. The van der Waals surface area contributed by atoms with E-state index in [4.69, 9.17) is 22.5 Å². The summed E-state index contributed by atoms with van der Waals surface area (Å²) < 4.78 is 6.52. The molecule has 0 rings (SSSR count). The summed E-state index contributed by atoms with van der Waals surface area (Å²) >= 11 is 6.01. The molecule has 0 aliphatic heterocycles. The first kappa shape index (κ1) is 28.4. The molecule has 0 heterocycles. The quantitative estimate of drug-likeness (QED) is 0.376. The Kier molecular flexibility index (Phi) is 11.1. The molecule has 2 atom stereocenters. The second-order valence-electron chi connectivity index (χ2n) is 10.1. The lowest BCUT2D eigenvalue weighted by Crippen LogP contribution is -2.52. The number of hydrogen-bond donors (Lipinski definition) is 2. The molecule has 0 aliphatic rings. The molecule has 0 aliphatic carbocycles. The summed E-state index contributed by atoms with van der Waals surface area (Å²) in [6.07, 6.45) is 11.8. The zero-order chi connectivity index (χ0) is 23.8. The highest BCUT2D eigenvalue weighted by atomic mass is 35.5. The third-order valence-corrected chi connectivity index (χ3v) is 9.90. The normalized spacial score (nSPS) is 15.4. The Bertz CT molecular complexity index is 691. The average molecular weight is 455 g/mol. The predicted molar refractivity (Wildman–Crippen MR) is 128 cm³/mol. The minimum atomic E-state index is -1.95. The van der Waals surface area contributed by atoms with Gasteiger partial charge in [0, 0.05) is 5.03 Å². The number of rotatable bonds is 9. The first-order chi connectivity index (χ1) is 13.5. The van der Waals surface area contributed by atoms with Crippen molar-refractivity contribution < 1.29 is 14.0 Å². The van der Waals surface area contributed by atoms with Crippen LogP contribution in [0.4, 0.5) is 0 Å². The molecule has 0 aromatic rings. The van der Waals surface area contributed by atoms with Crippen LogP contribution >= 0.6 is 11.6 Å². The van der Waals surface area contributed by atoms with Crippen molar-refractivity contribution in [3.8, 4) is 12.3 Å². The number of hydrogen-bond acceptors (Lipinski definition) is 3. The minimum absolute atomic E-state index is 0.0349. The van der Waals surface area contributed by atoms with E-state index in [0.29, 0.717) is 12.8 Å². The number of carbonyl (C=O) groups excluding carboxylic acids is 2. The van der Waals surface area contributed by atoms with Crippen molar-refractivity contribution in [2.45, 2.75) is 91.6 Å². The largest absolute Gasteiger partial charge is 0.413 e. The number of amides is 2. The second-order valence-corrected chi connectivity index (χ2v) is 15.4. The maximum atomic E-state index is 12.6. The number of carbonyl (C=O) groups is 2. The van der Waals surface area contributed by atoms with Crippen molar-refractivity contribution in [2.24, 2.45) is 5.41 Å². The Morgan fingerprint density at radius 1 is 1.17 bits per heavy atom. The fourth-order valence-corrected chi connectivity index (χ4v) is 3.84. The van der Waals surface area contributed by atoms with E-state index in [1.54, 1.807) is 6.20 Å². The van der Waals surface area contributed by atoms with Crippen molar-refractivity contribution >= 4 is 31.7 Å². The maximum absolute atomic E-state index is 12.6. The number of allylic oxidation sites excluding steroid dienone is 1. The monoisotopic (exact) mass is 454 g/mol. The summed E-state index contributed by atoms with van der Waals surface area (Å²) in [4.78, 5) is 24.1. The molecule has 0 aromatic carbocycles. The van der Waals surface area contributed by atoms with Gasteiger partial charge in [-0.05, 0) is 55.4 Å². The van der Waals surface area contributed by atoms with E-state index >= 15 is 0 Å². The molecule has 0 spiro atoms. The standard InChI is InChI=1S/C23H39ClN2O3Si/c1-11-19(27)26-20(22(3,4)5)21(28)25-16-12-13-18(15-14-17(2)24)29-30(9,10)23(6,7)8/h1,12,14,16,18,20H,13,15H2,2-10H3,(H,25,28)(H,26,27)/t18-,20-/m1/s1. The third-order valence-electron chi connectivity index (χ3n) is 5.21. The summed E-state index contributed by atoms with van der Waals surface area (Å²) in [6.45, 7) is 18.5. The number of nitrogens with one attached hydrogen (secondary N) is 2. The molecule has 0 bridgehead atoms. The minimum Gasteiger partial charge on any atom is -0.413 e. The van der Waals surface area contributed by atoms with Crippen molar-refractivity contribution in [2.75, 3.05) is 0 Å². The van der Waals surface area contributed by atoms with E-state index in [9.17, 15) is 9.59 Å². The highest BCUT2D eigenvalue weighted by Crippen LogP contribution is 2.38. The lowest BCUT2D eigenvalue weighted by Gasteiger charge is -2.39. The molecule has 7 heteroatoms. The Morgan fingerprint density at radius 3 is 2.17 bits per heavy atom. The second kappa shape index (κ2) is 11.7. The van der Waals surface area contributed by atoms with Crippen molar-refractivity contribution in [1.82, 2.24) is 10.6 Å². The molecule has 0 saturated carbocycles. The molecule has 0 aromatic heterocycles. The average Bonchev–Trinajstić information content (AvgIpc) is 2.58. The molecule has 2 amide bonds. The molecular formula is C23H39ClN2O3Si. The van der Waals surface area contributed by atoms with E-state index in [-0.39, 0.29) is 17.0 Å². The van der Waals surface area contributed by atoms with Crippen LogP contribution < -0.4 is 10.6 Å². The lowest BCUT2D eigenvalue weighted by atomic mass is 9.86. The van der Waals surface area contributed by atoms with E-state index in [1.807, 2.05) is 45.8 Å². The Morgan fingerprint density at radius 2 is 1.73 bits per heavy atom. The molecular weight excluding hydrogens is 416 g/mol. The van der Waals surface area contributed by atoms with E-state index in [0.717, 1.165) is 5.03 Å². The van der Waals surface area contributed by atoms with Gasteiger partial charge in [-0.2, -0.15) is 0 Å². The van der Waals surface area contributed by atoms with Gasteiger partial charge in [-0.15, -0.1) is 6.42 Å². The molecule has 30 heavy (non-hydrogen) atoms. The third kappa shape index (κ3) is 10.5. The molecule has 0 unspecified atom stereocenters.